The Bertz CT molecular complexity index is 270. The van der Waals surface area contributed by atoms with Gasteiger partial charge in [0.1, 0.15) is 0 Å². The number of rotatable bonds is 3. The summed E-state index contributed by atoms with van der Waals surface area (Å²) < 4.78 is 5.25. The zero-order valence-corrected chi connectivity index (χ0v) is 7.57. The van der Waals surface area contributed by atoms with E-state index in [0.717, 1.165) is 25.3 Å². The van der Waals surface area contributed by atoms with Crippen molar-refractivity contribution in [3.63, 3.8) is 0 Å². The second-order valence-corrected chi connectivity index (χ2v) is 3.53. The number of nitrogens with zero attached hydrogens (tertiary/aromatic N) is 1. The van der Waals surface area contributed by atoms with Crippen LogP contribution in [0, 0.1) is 0 Å². The number of hydrogen-bond donors (Lipinski definition) is 1. The minimum absolute atomic E-state index is 0.107. The molecule has 1 aliphatic heterocycles. The molecular formula is C10H14N2O. The molecule has 0 radical (unpaired) electrons. The summed E-state index contributed by atoms with van der Waals surface area (Å²) in [6.07, 6.45) is 2.79. The number of pyridine rings is 1. The van der Waals surface area contributed by atoms with Gasteiger partial charge >= 0.3 is 0 Å². The average Bonchev–Trinajstić information content (AvgIpc) is 2.13. The van der Waals surface area contributed by atoms with Crippen molar-refractivity contribution in [1.82, 2.24) is 4.98 Å². The van der Waals surface area contributed by atoms with E-state index in [1.54, 1.807) is 0 Å². The molecule has 0 bridgehead atoms. The minimum Gasteiger partial charge on any atom is -0.379 e. The second-order valence-electron chi connectivity index (χ2n) is 3.53. The van der Waals surface area contributed by atoms with Crippen LogP contribution in [0.1, 0.15) is 12.1 Å². The Kier molecular flexibility index (Phi) is 2.29. The fraction of sp³-hybridized carbons (Fsp3) is 0.500. The standard InChI is InChI=1S/C10H14N2O/c11-5-4-10(7-13-8-10)9-3-1-2-6-12-9/h1-3,6H,4-5,7-8,11H2. The van der Waals surface area contributed by atoms with E-state index in [9.17, 15) is 0 Å². The van der Waals surface area contributed by atoms with Gasteiger partial charge in [0, 0.05) is 6.20 Å². The van der Waals surface area contributed by atoms with Crippen molar-refractivity contribution in [2.45, 2.75) is 11.8 Å². The SMILES string of the molecule is NCCC1(c2ccccn2)COC1. The zero-order chi connectivity index (χ0) is 9.15. The number of nitrogens with two attached hydrogens (primary N) is 1. The van der Waals surface area contributed by atoms with Gasteiger partial charge in [0.25, 0.3) is 0 Å². The van der Waals surface area contributed by atoms with Crippen molar-refractivity contribution in [2.75, 3.05) is 19.8 Å². The van der Waals surface area contributed by atoms with Gasteiger partial charge < -0.3 is 10.5 Å². The summed E-state index contributed by atoms with van der Waals surface area (Å²) in [5.41, 5.74) is 6.80. The fourth-order valence-electron chi connectivity index (χ4n) is 1.72. The first-order valence-corrected chi connectivity index (χ1v) is 4.57. The van der Waals surface area contributed by atoms with E-state index in [4.69, 9.17) is 10.5 Å². The molecule has 0 amide bonds. The van der Waals surface area contributed by atoms with Crippen molar-refractivity contribution in [3.8, 4) is 0 Å². The Labute approximate surface area is 77.9 Å². The van der Waals surface area contributed by atoms with Crippen LogP contribution in [0.4, 0.5) is 0 Å². The van der Waals surface area contributed by atoms with E-state index in [-0.39, 0.29) is 5.41 Å². The number of aromatic nitrogens is 1. The van der Waals surface area contributed by atoms with Crippen molar-refractivity contribution in [2.24, 2.45) is 5.73 Å². The molecule has 3 nitrogen and oxygen atoms in total. The predicted molar refractivity (Wildman–Crippen MR) is 50.4 cm³/mol. The maximum Gasteiger partial charge on any atom is 0.0605 e. The monoisotopic (exact) mass is 178 g/mol. The van der Waals surface area contributed by atoms with E-state index in [1.165, 1.54) is 0 Å². The lowest BCUT2D eigenvalue weighted by molar-refractivity contribution is -0.0652. The zero-order valence-electron chi connectivity index (χ0n) is 7.57. The van der Waals surface area contributed by atoms with Crippen molar-refractivity contribution >= 4 is 0 Å². The largest absolute Gasteiger partial charge is 0.379 e. The quantitative estimate of drug-likeness (QED) is 0.741. The van der Waals surface area contributed by atoms with Gasteiger partial charge in [0.15, 0.2) is 0 Å². The van der Waals surface area contributed by atoms with Crippen LogP contribution in [-0.4, -0.2) is 24.7 Å². The Morgan fingerprint density at radius 2 is 2.31 bits per heavy atom. The highest BCUT2D eigenvalue weighted by molar-refractivity contribution is 5.20. The van der Waals surface area contributed by atoms with E-state index in [0.29, 0.717) is 6.54 Å². The lowest BCUT2D eigenvalue weighted by Gasteiger charge is -2.40. The highest BCUT2D eigenvalue weighted by Gasteiger charge is 2.40. The van der Waals surface area contributed by atoms with Gasteiger partial charge in [-0.3, -0.25) is 4.98 Å². The first kappa shape index (κ1) is 8.66. The number of ether oxygens (including phenoxy) is 1. The van der Waals surface area contributed by atoms with Crippen LogP contribution >= 0.6 is 0 Å². The van der Waals surface area contributed by atoms with Gasteiger partial charge in [-0.25, -0.2) is 0 Å². The molecule has 3 heteroatoms. The molecule has 2 rings (SSSR count). The Hall–Kier alpha value is -0.930. The third-order valence-corrected chi connectivity index (χ3v) is 2.59. The maximum absolute atomic E-state index is 5.58. The summed E-state index contributed by atoms with van der Waals surface area (Å²) in [5.74, 6) is 0. The van der Waals surface area contributed by atoms with Crippen molar-refractivity contribution in [1.29, 1.82) is 0 Å². The predicted octanol–water partition coefficient (Wildman–Crippen LogP) is 0.698. The first-order valence-electron chi connectivity index (χ1n) is 4.57. The van der Waals surface area contributed by atoms with Crippen molar-refractivity contribution in [3.05, 3.63) is 30.1 Å². The molecule has 2 N–H and O–H groups in total. The van der Waals surface area contributed by atoms with Gasteiger partial charge in [-0.2, -0.15) is 0 Å². The van der Waals surface area contributed by atoms with Gasteiger partial charge in [0.2, 0.25) is 0 Å². The lowest BCUT2D eigenvalue weighted by Crippen LogP contribution is -2.48. The van der Waals surface area contributed by atoms with Crippen LogP contribution in [0.25, 0.3) is 0 Å². The molecule has 0 saturated carbocycles. The normalized spacial score (nSPS) is 19.5. The van der Waals surface area contributed by atoms with Crippen LogP contribution < -0.4 is 5.73 Å². The molecule has 0 aromatic carbocycles. The molecule has 0 aliphatic carbocycles. The fourth-order valence-corrected chi connectivity index (χ4v) is 1.72. The van der Waals surface area contributed by atoms with Gasteiger partial charge in [0.05, 0.1) is 24.3 Å². The molecule has 0 atom stereocenters. The molecule has 1 aromatic rings. The highest BCUT2D eigenvalue weighted by Crippen LogP contribution is 2.33. The summed E-state index contributed by atoms with van der Waals surface area (Å²) in [6.45, 7) is 2.22. The summed E-state index contributed by atoms with van der Waals surface area (Å²) in [5, 5.41) is 0. The Morgan fingerprint density at radius 1 is 1.46 bits per heavy atom. The summed E-state index contributed by atoms with van der Waals surface area (Å²) in [4.78, 5) is 4.36. The van der Waals surface area contributed by atoms with Crippen LogP contribution in [0.5, 0.6) is 0 Å². The van der Waals surface area contributed by atoms with E-state index >= 15 is 0 Å². The number of hydrogen-bond acceptors (Lipinski definition) is 3. The summed E-state index contributed by atoms with van der Waals surface area (Å²) in [6, 6.07) is 6.00. The lowest BCUT2D eigenvalue weighted by atomic mass is 9.79. The van der Waals surface area contributed by atoms with E-state index in [1.807, 2.05) is 18.3 Å². The maximum atomic E-state index is 5.58. The van der Waals surface area contributed by atoms with Crippen LogP contribution in [0.2, 0.25) is 0 Å². The Morgan fingerprint density at radius 3 is 2.77 bits per heavy atom. The average molecular weight is 178 g/mol. The van der Waals surface area contributed by atoms with Gasteiger partial charge in [-0.15, -0.1) is 0 Å². The molecule has 2 heterocycles. The molecule has 0 spiro atoms. The molecule has 13 heavy (non-hydrogen) atoms. The third kappa shape index (κ3) is 1.45. The van der Waals surface area contributed by atoms with Crippen LogP contribution in [0.3, 0.4) is 0 Å². The highest BCUT2D eigenvalue weighted by atomic mass is 16.5. The first-order chi connectivity index (χ1) is 6.37. The second kappa shape index (κ2) is 3.44. The topological polar surface area (TPSA) is 48.1 Å². The molecule has 70 valence electrons. The molecule has 1 saturated heterocycles. The van der Waals surface area contributed by atoms with E-state index < -0.39 is 0 Å². The van der Waals surface area contributed by atoms with Crippen LogP contribution in [0.15, 0.2) is 24.4 Å². The van der Waals surface area contributed by atoms with Crippen LogP contribution in [-0.2, 0) is 10.2 Å². The minimum atomic E-state index is 0.107. The van der Waals surface area contributed by atoms with Crippen molar-refractivity contribution < 1.29 is 4.74 Å². The molecule has 0 unspecified atom stereocenters. The van der Waals surface area contributed by atoms with Gasteiger partial charge in [-0.1, -0.05) is 6.07 Å². The molecule has 1 aromatic heterocycles. The molecular weight excluding hydrogens is 164 g/mol. The summed E-state index contributed by atoms with van der Waals surface area (Å²) >= 11 is 0. The van der Waals surface area contributed by atoms with Gasteiger partial charge in [-0.05, 0) is 25.1 Å². The molecule has 1 aliphatic rings. The Balaban J connectivity index is 2.22. The summed E-state index contributed by atoms with van der Waals surface area (Å²) in [7, 11) is 0. The molecule has 1 fully saturated rings. The smallest absolute Gasteiger partial charge is 0.0605 e. The van der Waals surface area contributed by atoms with E-state index in [2.05, 4.69) is 11.1 Å². The third-order valence-electron chi connectivity index (χ3n) is 2.59.